The van der Waals surface area contributed by atoms with E-state index in [1.807, 2.05) is 0 Å². The average molecular weight is 126 g/mol. The molecule has 0 radical (unpaired) electrons. The fourth-order valence-electron chi connectivity index (χ4n) is 0. The van der Waals surface area contributed by atoms with E-state index in [2.05, 4.69) is 0 Å². The summed E-state index contributed by atoms with van der Waals surface area (Å²) in [7, 11) is 0. The third kappa shape index (κ3) is 706. The molecule has 0 atom stereocenters. The Morgan fingerprint density at radius 2 is 0.500 bits per heavy atom. The van der Waals surface area contributed by atoms with E-state index in [0.717, 1.165) is 0 Å². The molecular weight excluding hydrogens is 115 g/mol. The molecule has 0 aromatic rings. The summed E-state index contributed by atoms with van der Waals surface area (Å²) in [5.74, 6) is 0. The van der Waals surface area contributed by atoms with Gasteiger partial charge in [0.1, 0.15) is 0 Å². The largest absolute Gasteiger partial charge is 0.269 e. The molecule has 5 heteroatoms. The molecule has 0 saturated carbocycles. The lowest BCUT2D eigenvalue weighted by Gasteiger charge is -0.270. The summed E-state index contributed by atoms with van der Waals surface area (Å²) in [4.78, 5) is 0. The molecule has 0 unspecified atom stereocenters. The fraction of sp³-hybridized carbons (Fsp3) is 1.00. The Hall–Kier alpha value is 0.252. The molecule has 0 saturated heterocycles. The van der Waals surface area contributed by atoms with Gasteiger partial charge in [-0.2, -0.15) is 0 Å². The van der Waals surface area contributed by atoms with Crippen molar-refractivity contribution in [3.63, 3.8) is 0 Å². The van der Waals surface area contributed by atoms with E-state index >= 15 is 0 Å². The normalized spacial score (nSPS) is 0. The zero-order valence-electron chi connectivity index (χ0n) is 1.63. The molecule has 0 aromatic heterocycles. The lowest BCUT2D eigenvalue weighted by molar-refractivity contribution is 1.11. The van der Waals surface area contributed by atoms with Gasteiger partial charge < -0.3 is 0 Å². The van der Waals surface area contributed by atoms with Gasteiger partial charge in [0.25, 0.3) is 0 Å². The van der Waals surface area contributed by atoms with E-state index in [0.29, 0.717) is 0 Å². The van der Waals surface area contributed by atoms with Gasteiger partial charge in [-0.3, -0.25) is 18.8 Å². The highest BCUT2D eigenvalue weighted by Gasteiger charge is 0.187. The maximum atomic E-state index is 0. The molecule has 0 aromatic carbocycles. The van der Waals surface area contributed by atoms with E-state index in [9.17, 15) is 0 Å². The highest BCUT2D eigenvalue weighted by atomic mass is 27.0. The Bertz CT molecular complexity index is 7.51. The van der Waals surface area contributed by atoms with Crippen molar-refractivity contribution in [1.29, 1.82) is 0 Å². The molecule has 0 spiro atoms. The van der Waals surface area contributed by atoms with Crippen molar-refractivity contribution in [3.05, 3.63) is 0 Å². The fourth-order valence-corrected chi connectivity index (χ4v) is 0. The molecule has 0 aliphatic heterocycles. The van der Waals surface area contributed by atoms with Gasteiger partial charge in [0.2, 0.25) is 0 Å². The van der Waals surface area contributed by atoms with Gasteiger partial charge in [0.05, 0.1) is 0 Å². The summed E-state index contributed by atoms with van der Waals surface area (Å²) in [6.07, 6.45) is 0. The van der Waals surface area contributed by atoms with Crippen LogP contribution in [0.2, 0.25) is 0 Å². The molecule has 0 amide bonds. The topological polar surface area (TPSA) is 0 Å². The van der Waals surface area contributed by atoms with Gasteiger partial charge in [0.15, 0.2) is 17.4 Å². The first-order chi connectivity index (χ1) is 0. The third-order valence-electron chi connectivity index (χ3n) is 0. The van der Waals surface area contributed by atoms with Crippen LogP contribution in [0.15, 0.2) is 0 Å². The van der Waals surface area contributed by atoms with Crippen molar-refractivity contribution in [1.82, 2.24) is 0 Å². The van der Waals surface area contributed by atoms with E-state index in [1.165, 1.54) is 0 Å². The van der Waals surface area contributed by atoms with Gasteiger partial charge in [-0.1, -0.05) is 7.43 Å². The number of rotatable bonds is 0. The molecule has 46 valence electrons. The minimum Gasteiger partial charge on any atom is -0.269 e. The highest BCUT2D eigenvalue weighted by molar-refractivity contribution is 5.75. The van der Waals surface area contributed by atoms with Crippen molar-refractivity contribution < 1.29 is 18.8 Å². The van der Waals surface area contributed by atoms with Crippen molar-refractivity contribution in [2.24, 2.45) is 0 Å². The molecule has 0 heterocycles. The van der Waals surface area contributed by atoms with Crippen LogP contribution in [0.4, 0.5) is 18.8 Å². The molecule has 0 fully saturated rings. The molecule has 0 bridgehead atoms. The molecule has 0 aliphatic rings. The van der Waals surface area contributed by atoms with Crippen LogP contribution in [0.5, 0.6) is 0 Å². The second-order valence-electron chi connectivity index (χ2n) is 0. The maximum Gasteiger partial charge on any atom is 0.187 e. The Morgan fingerprint density at radius 1 is 0.500 bits per heavy atom. The van der Waals surface area contributed by atoms with Crippen LogP contribution in [0.1, 0.15) is 7.43 Å². The molecule has 0 nitrogen and oxygen atoms in total. The summed E-state index contributed by atoms with van der Waals surface area (Å²) in [6.45, 7) is 0. The predicted octanol–water partition coefficient (Wildman–Crippen LogP) is 0.0622. The Balaban J connectivity index is 0. The van der Waals surface area contributed by atoms with Gasteiger partial charge in [-0.05, 0) is 0 Å². The zero-order chi connectivity index (χ0) is 0. The van der Waals surface area contributed by atoms with E-state index < -0.39 is 0 Å². The quantitative estimate of drug-likeness (QED) is 0.318. The van der Waals surface area contributed by atoms with E-state index in [1.54, 1.807) is 0 Å². The summed E-state index contributed by atoms with van der Waals surface area (Å²) < 4.78 is 0. The molecule has 6 heavy (non-hydrogen) atoms. The monoisotopic (exact) mass is 126 g/mol. The first-order valence-corrected chi connectivity index (χ1v) is 0. The summed E-state index contributed by atoms with van der Waals surface area (Å²) in [6, 6.07) is 0. The van der Waals surface area contributed by atoms with Crippen LogP contribution >= 0.6 is 0 Å². The van der Waals surface area contributed by atoms with Crippen LogP contribution in [0, 0.1) is 0 Å². The molecule has 0 rings (SSSR count). The van der Waals surface area contributed by atoms with E-state index in [-0.39, 0.29) is 43.6 Å². The van der Waals surface area contributed by atoms with Gasteiger partial charge >= 0.3 is 0 Å². The predicted molar refractivity (Wildman–Crippen MR) is 26.7 cm³/mol. The first-order valence-electron chi connectivity index (χ1n) is 0. The van der Waals surface area contributed by atoms with Crippen molar-refractivity contribution >= 4 is 17.4 Å². The number of hydrogen-bond acceptors (Lipinski definition) is 0. The van der Waals surface area contributed by atoms with E-state index in [4.69, 9.17) is 0 Å². The van der Waals surface area contributed by atoms with Crippen molar-refractivity contribution in [3.8, 4) is 0 Å². The lowest BCUT2D eigenvalue weighted by Crippen LogP contribution is -0.381. The Morgan fingerprint density at radius 3 is 0.500 bits per heavy atom. The standard InChI is InChI=1S/CH4.Al.4FH.3H/h1H4;;4*1H;;;. The lowest BCUT2D eigenvalue weighted by atomic mass is 12.0. The smallest absolute Gasteiger partial charge is 0.187 e. The maximum absolute atomic E-state index is 0. The summed E-state index contributed by atoms with van der Waals surface area (Å²) in [5, 5.41) is 0. The first kappa shape index (κ1) is 2710. The van der Waals surface area contributed by atoms with Crippen LogP contribution in [0.3, 0.4) is 0 Å². The zero-order valence-corrected chi connectivity index (χ0v) is 1.63. The Kier molecular flexibility index (Phi) is 672000. The van der Waals surface area contributed by atoms with Gasteiger partial charge in [0, 0.05) is 0 Å². The van der Waals surface area contributed by atoms with Crippen molar-refractivity contribution in [2.75, 3.05) is 0 Å². The Labute approximate surface area is 44.5 Å². The highest BCUT2D eigenvalue weighted by Crippen LogP contribution is 0.423. The van der Waals surface area contributed by atoms with Crippen LogP contribution in [-0.4, -0.2) is 17.4 Å². The molecule has 0 N–H and O–H groups in total. The minimum absolute atomic E-state index is 0. The molecular formula is CH11AlF4. The minimum atomic E-state index is 0. The second-order valence-corrected chi connectivity index (χ2v) is 0. The number of halogens is 4. The molecule has 0 aliphatic carbocycles. The van der Waals surface area contributed by atoms with Crippen molar-refractivity contribution in [2.45, 2.75) is 7.43 Å². The van der Waals surface area contributed by atoms with Crippen LogP contribution in [-0.2, 0) is 0 Å². The van der Waals surface area contributed by atoms with Crippen LogP contribution in [0.25, 0.3) is 0 Å². The van der Waals surface area contributed by atoms with Gasteiger partial charge in [-0.25, -0.2) is 0 Å². The van der Waals surface area contributed by atoms with Gasteiger partial charge in [-0.15, -0.1) is 0 Å². The summed E-state index contributed by atoms with van der Waals surface area (Å²) in [5.41, 5.74) is 0. The second kappa shape index (κ2) is 1490. The average Bonchev–Trinajstić information content (AvgIpc) is 0. The van der Waals surface area contributed by atoms with Crippen LogP contribution < -0.4 is 0 Å². The SMILES string of the molecule is C.F.F.F.F.[AlH3]. The summed E-state index contributed by atoms with van der Waals surface area (Å²) >= 11 is 0. The third-order valence-corrected chi connectivity index (χ3v) is 0. The number of hydrogen-bond donors (Lipinski definition) is 0.